The topological polar surface area (TPSA) is 18.5 Å². The van der Waals surface area contributed by atoms with Crippen molar-refractivity contribution in [1.29, 1.82) is 0 Å². The van der Waals surface area contributed by atoms with Gasteiger partial charge in [0.25, 0.3) is 0 Å². The van der Waals surface area contributed by atoms with E-state index >= 15 is 0 Å². The number of allylic oxidation sites excluding steroid dienone is 1. The van der Waals surface area contributed by atoms with Crippen molar-refractivity contribution in [3.63, 3.8) is 0 Å². The molecule has 0 unspecified atom stereocenters. The second-order valence-corrected chi connectivity index (χ2v) is 9.26. The lowest BCUT2D eigenvalue weighted by atomic mass is 10.0. The van der Waals surface area contributed by atoms with Crippen molar-refractivity contribution < 1.29 is 8.85 Å². The van der Waals surface area contributed by atoms with Gasteiger partial charge in [-0.3, -0.25) is 0 Å². The number of rotatable bonds is 21. The molecule has 0 fully saturated rings. The van der Waals surface area contributed by atoms with Gasteiger partial charge in [0.2, 0.25) is 0 Å². The van der Waals surface area contributed by atoms with Gasteiger partial charge in [-0.25, -0.2) is 0 Å². The molecule has 0 aromatic heterocycles. The van der Waals surface area contributed by atoms with Crippen molar-refractivity contribution >= 4 is 9.28 Å². The highest BCUT2D eigenvalue weighted by molar-refractivity contribution is 6.44. The third kappa shape index (κ3) is 20.0. The molecule has 0 amide bonds. The van der Waals surface area contributed by atoms with Gasteiger partial charge in [-0.1, -0.05) is 89.5 Å². The summed E-state index contributed by atoms with van der Waals surface area (Å²) in [6.45, 7) is 9.54. The minimum Gasteiger partial charge on any atom is -0.397 e. The average Bonchev–Trinajstić information content (AvgIpc) is 2.61. The van der Waals surface area contributed by atoms with Crippen LogP contribution >= 0.6 is 0 Å². The molecule has 0 N–H and O–H groups in total. The number of hydrogen-bond donors (Lipinski definition) is 0. The Balaban J connectivity index is 3.14. The van der Waals surface area contributed by atoms with Crippen molar-refractivity contribution in [3.05, 3.63) is 12.7 Å². The van der Waals surface area contributed by atoms with Crippen molar-refractivity contribution in [3.8, 4) is 0 Å². The van der Waals surface area contributed by atoms with E-state index in [2.05, 4.69) is 20.4 Å². The van der Waals surface area contributed by atoms with Crippen LogP contribution in [-0.2, 0) is 8.85 Å². The lowest BCUT2D eigenvalue weighted by Gasteiger charge is -2.14. The fourth-order valence-corrected chi connectivity index (χ4v) is 5.10. The van der Waals surface area contributed by atoms with E-state index in [-0.39, 0.29) is 0 Å². The summed E-state index contributed by atoms with van der Waals surface area (Å²) in [4.78, 5) is 0. The Morgan fingerprint density at radius 3 is 1.32 bits per heavy atom. The van der Waals surface area contributed by atoms with E-state index in [4.69, 9.17) is 8.85 Å². The molecule has 3 heteroatoms. The van der Waals surface area contributed by atoms with Gasteiger partial charge < -0.3 is 8.85 Å². The first-order chi connectivity index (χ1) is 12.3. The van der Waals surface area contributed by atoms with Crippen molar-refractivity contribution in [1.82, 2.24) is 0 Å². The monoisotopic (exact) mass is 370 g/mol. The van der Waals surface area contributed by atoms with E-state index in [1.54, 1.807) is 0 Å². The van der Waals surface area contributed by atoms with Crippen LogP contribution in [0, 0.1) is 0 Å². The quantitative estimate of drug-likeness (QED) is 0.120. The van der Waals surface area contributed by atoms with Crippen LogP contribution in [0.15, 0.2) is 12.7 Å². The summed E-state index contributed by atoms with van der Waals surface area (Å²) in [5, 5.41) is 0. The Hall–Kier alpha value is -0.123. The van der Waals surface area contributed by atoms with Crippen LogP contribution in [0.2, 0.25) is 6.04 Å². The zero-order valence-corrected chi connectivity index (χ0v) is 18.6. The van der Waals surface area contributed by atoms with Crippen LogP contribution < -0.4 is 0 Å². The van der Waals surface area contributed by atoms with E-state index in [9.17, 15) is 0 Å². The molecular formula is C22H46O2Si. The molecule has 150 valence electrons. The van der Waals surface area contributed by atoms with Gasteiger partial charge in [0.1, 0.15) is 0 Å². The molecular weight excluding hydrogens is 324 g/mol. The third-order valence-electron chi connectivity index (χ3n) is 4.80. The zero-order valence-electron chi connectivity index (χ0n) is 17.4. The van der Waals surface area contributed by atoms with Crippen LogP contribution in [0.4, 0.5) is 0 Å². The van der Waals surface area contributed by atoms with E-state index in [0.29, 0.717) is 0 Å². The fraction of sp³-hybridized carbons (Fsp3) is 0.909. The van der Waals surface area contributed by atoms with E-state index in [0.717, 1.165) is 13.2 Å². The van der Waals surface area contributed by atoms with E-state index < -0.39 is 9.28 Å². The Bertz CT molecular complexity index is 252. The smallest absolute Gasteiger partial charge is 0.321 e. The van der Waals surface area contributed by atoms with E-state index in [1.165, 1.54) is 102 Å². The van der Waals surface area contributed by atoms with Gasteiger partial charge >= 0.3 is 9.28 Å². The van der Waals surface area contributed by atoms with Gasteiger partial charge in [-0.05, 0) is 32.7 Å². The predicted molar refractivity (Wildman–Crippen MR) is 115 cm³/mol. The van der Waals surface area contributed by atoms with Crippen LogP contribution in [0.3, 0.4) is 0 Å². The molecule has 0 aromatic carbocycles. The molecule has 0 saturated heterocycles. The molecule has 0 heterocycles. The Kier molecular flexibility index (Phi) is 21.8. The maximum absolute atomic E-state index is 5.72. The molecule has 0 aliphatic rings. The molecule has 2 nitrogen and oxygen atoms in total. The fourth-order valence-electron chi connectivity index (χ4n) is 3.31. The molecule has 0 atom stereocenters. The number of hydrogen-bond acceptors (Lipinski definition) is 2. The van der Waals surface area contributed by atoms with E-state index in [1.807, 2.05) is 6.08 Å². The standard InChI is InChI=1S/C22H46O2Si/c1-4-7-8-9-10-11-12-13-14-15-16-17-18-19-20-21-22-25(23-5-2)24-6-3/h4,25H,1,5-22H2,2-3H3. The minimum atomic E-state index is -1.33. The lowest BCUT2D eigenvalue weighted by molar-refractivity contribution is 0.212. The summed E-state index contributed by atoms with van der Waals surface area (Å²) in [5.41, 5.74) is 0. The Labute approximate surface area is 160 Å². The van der Waals surface area contributed by atoms with Gasteiger partial charge in [0.15, 0.2) is 0 Å². The Morgan fingerprint density at radius 2 is 0.960 bits per heavy atom. The molecule has 0 radical (unpaired) electrons. The van der Waals surface area contributed by atoms with Gasteiger partial charge in [-0.2, -0.15) is 0 Å². The predicted octanol–water partition coefficient (Wildman–Crippen LogP) is 7.32. The summed E-state index contributed by atoms with van der Waals surface area (Å²) in [5.74, 6) is 0. The molecule has 25 heavy (non-hydrogen) atoms. The van der Waals surface area contributed by atoms with Gasteiger partial charge in [0, 0.05) is 13.2 Å². The highest BCUT2D eigenvalue weighted by Gasteiger charge is 2.10. The highest BCUT2D eigenvalue weighted by Crippen LogP contribution is 2.14. The van der Waals surface area contributed by atoms with Crippen LogP contribution in [0.25, 0.3) is 0 Å². The molecule has 0 aromatic rings. The first kappa shape index (κ1) is 24.9. The zero-order chi connectivity index (χ0) is 18.4. The molecule has 0 aliphatic carbocycles. The van der Waals surface area contributed by atoms with Crippen LogP contribution in [0.1, 0.15) is 110 Å². The van der Waals surface area contributed by atoms with Crippen molar-refractivity contribution in [2.45, 2.75) is 116 Å². The van der Waals surface area contributed by atoms with Gasteiger partial charge in [-0.15, -0.1) is 6.58 Å². The second kappa shape index (κ2) is 21.9. The molecule has 0 rings (SSSR count). The molecule has 0 saturated carbocycles. The van der Waals surface area contributed by atoms with Crippen LogP contribution in [0.5, 0.6) is 0 Å². The minimum absolute atomic E-state index is 0.812. The average molecular weight is 371 g/mol. The van der Waals surface area contributed by atoms with Crippen molar-refractivity contribution in [2.75, 3.05) is 13.2 Å². The summed E-state index contributed by atoms with van der Waals surface area (Å²) < 4.78 is 11.4. The Morgan fingerprint density at radius 1 is 0.600 bits per heavy atom. The van der Waals surface area contributed by atoms with Crippen LogP contribution in [-0.4, -0.2) is 22.5 Å². The molecule has 0 spiro atoms. The van der Waals surface area contributed by atoms with Gasteiger partial charge in [0.05, 0.1) is 0 Å². The van der Waals surface area contributed by atoms with Crippen molar-refractivity contribution in [2.24, 2.45) is 0 Å². The summed E-state index contributed by atoms with van der Waals surface area (Å²) >= 11 is 0. The first-order valence-corrected chi connectivity index (χ1v) is 12.9. The summed E-state index contributed by atoms with van der Waals surface area (Å²) in [6, 6.07) is 1.19. The maximum Gasteiger partial charge on any atom is 0.321 e. The second-order valence-electron chi connectivity index (χ2n) is 7.16. The molecule has 0 aliphatic heterocycles. The molecule has 0 bridgehead atoms. The first-order valence-electron chi connectivity index (χ1n) is 11.2. The highest BCUT2D eigenvalue weighted by atomic mass is 28.3. The lowest BCUT2D eigenvalue weighted by Crippen LogP contribution is -2.22. The normalized spacial score (nSPS) is 11.3. The SMILES string of the molecule is C=CCCCCCCCCCCCCCCCC[SiH](OCC)OCC. The summed E-state index contributed by atoms with van der Waals surface area (Å²) in [7, 11) is -1.33. The largest absolute Gasteiger partial charge is 0.397 e. The maximum atomic E-state index is 5.72. The number of unbranched alkanes of at least 4 members (excludes halogenated alkanes) is 14. The summed E-state index contributed by atoms with van der Waals surface area (Å²) in [6.07, 6.45) is 22.9. The third-order valence-corrected chi connectivity index (χ3v) is 7.09.